The van der Waals surface area contributed by atoms with Gasteiger partial charge >= 0.3 is 0 Å². The average Bonchev–Trinajstić information content (AvgIpc) is 2.47. The molecular weight excluding hydrogens is 306 g/mol. The van der Waals surface area contributed by atoms with E-state index in [4.69, 9.17) is 10.5 Å². The van der Waals surface area contributed by atoms with E-state index in [2.05, 4.69) is 4.98 Å². The number of carbonyl (C=O) groups excluding carboxylic acids is 1. The lowest BCUT2D eigenvalue weighted by molar-refractivity contribution is -0.129. The van der Waals surface area contributed by atoms with Crippen molar-refractivity contribution in [3.63, 3.8) is 0 Å². The fourth-order valence-electron chi connectivity index (χ4n) is 2.32. The second kappa shape index (κ2) is 7.17. The van der Waals surface area contributed by atoms with Crippen LogP contribution in [0.5, 0.6) is 0 Å². The standard InChI is InChI=1S/C14H20N3O4S/c1-22(19,20)13-9-11(4-5-16-13)3-2-6-17-7-8-21-10-12(17)14(15)18/h3-5,9,12H,2,6-8,10H2,1H3,(H2,15,18). The molecule has 0 aromatic carbocycles. The SMILES string of the molecule is CS(=O)(=O)c1cc([CH]CCN2CCOCC2C(N)=O)ccn1. The predicted molar refractivity (Wildman–Crippen MR) is 80.7 cm³/mol. The molecule has 1 radical (unpaired) electrons. The Morgan fingerprint density at radius 2 is 2.36 bits per heavy atom. The third-order valence-corrected chi connectivity index (χ3v) is 4.49. The van der Waals surface area contributed by atoms with E-state index in [1.807, 2.05) is 11.3 Å². The summed E-state index contributed by atoms with van der Waals surface area (Å²) in [6.45, 7) is 2.22. The van der Waals surface area contributed by atoms with Crippen LogP contribution in [0.1, 0.15) is 12.0 Å². The van der Waals surface area contributed by atoms with E-state index in [1.54, 1.807) is 12.1 Å². The van der Waals surface area contributed by atoms with Gasteiger partial charge in [-0.3, -0.25) is 9.69 Å². The largest absolute Gasteiger partial charge is 0.378 e. The van der Waals surface area contributed by atoms with Crippen molar-refractivity contribution >= 4 is 15.7 Å². The molecule has 1 aliphatic rings. The number of ether oxygens (including phenoxy) is 1. The Balaban J connectivity index is 1.92. The van der Waals surface area contributed by atoms with Crippen LogP contribution in [-0.4, -0.2) is 62.8 Å². The maximum Gasteiger partial charge on any atom is 0.237 e. The molecule has 1 aromatic heterocycles. The first-order valence-corrected chi connectivity index (χ1v) is 8.87. The van der Waals surface area contributed by atoms with Gasteiger partial charge in [-0.2, -0.15) is 0 Å². The van der Waals surface area contributed by atoms with Gasteiger partial charge < -0.3 is 10.5 Å². The quantitative estimate of drug-likeness (QED) is 0.764. The van der Waals surface area contributed by atoms with Crippen LogP contribution in [0, 0.1) is 6.42 Å². The van der Waals surface area contributed by atoms with Crippen molar-refractivity contribution in [2.24, 2.45) is 5.73 Å². The highest BCUT2D eigenvalue weighted by Crippen LogP contribution is 2.13. The lowest BCUT2D eigenvalue weighted by Gasteiger charge is -2.33. The second-order valence-electron chi connectivity index (χ2n) is 5.22. The minimum Gasteiger partial charge on any atom is -0.378 e. The van der Waals surface area contributed by atoms with Gasteiger partial charge in [-0.05, 0) is 37.1 Å². The molecule has 1 atom stereocenters. The van der Waals surface area contributed by atoms with Crippen LogP contribution in [0.4, 0.5) is 0 Å². The number of nitrogens with two attached hydrogens (primary N) is 1. The minimum atomic E-state index is -3.31. The number of rotatable bonds is 6. The molecule has 0 saturated carbocycles. The Kier molecular flexibility index (Phi) is 5.49. The van der Waals surface area contributed by atoms with Gasteiger partial charge in [-0.1, -0.05) is 0 Å². The summed E-state index contributed by atoms with van der Waals surface area (Å²) in [5.74, 6) is -0.386. The van der Waals surface area contributed by atoms with Crippen LogP contribution in [-0.2, 0) is 19.4 Å². The first-order valence-electron chi connectivity index (χ1n) is 6.98. The van der Waals surface area contributed by atoms with E-state index in [0.717, 1.165) is 11.8 Å². The van der Waals surface area contributed by atoms with Gasteiger partial charge in [0.1, 0.15) is 6.04 Å². The highest BCUT2D eigenvalue weighted by molar-refractivity contribution is 7.90. The van der Waals surface area contributed by atoms with Gasteiger partial charge in [-0.25, -0.2) is 13.4 Å². The summed E-state index contributed by atoms with van der Waals surface area (Å²) in [5, 5.41) is 0.0580. The first-order chi connectivity index (χ1) is 10.4. The topological polar surface area (TPSA) is 103 Å². The number of primary amides is 1. The van der Waals surface area contributed by atoms with Crippen molar-refractivity contribution in [1.29, 1.82) is 0 Å². The lowest BCUT2D eigenvalue weighted by Crippen LogP contribution is -2.52. The third kappa shape index (κ3) is 4.49. The Hall–Kier alpha value is -1.51. The molecule has 1 aliphatic heterocycles. The van der Waals surface area contributed by atoms with Crippen LogP contribution in [0.15, 0.2) is 23.4 Å². The molecule has 2 N–H and O–H groups in total. The molecule has 1 aromatic rings. The van der Waals surface area contributed by atoms with Gasteiger partial charge in [0, 0.05) is 19.0 Å². The van der Waals surface area contributed by atoms with E-state index in [-0.39, 0.29) is 10.9 Å². The summed E-state index contributed by atoms with van der Waals surface area (Å²) in [4.78, 5) is 17.2. The molecule has 0 spiro atoms. The van der Waals surface area contributed by atoms with E-state index in [9.17, 15) is 13.2 Å². The average molecular weight is 326 g/mol. The summed E-state index contributed by atoms with van der Waals surface area (Å²) in [6, 6.07) is 2.89. The van der Waals surface area contributed by atoms with E-state index >= 15 is 0 Å². The summed E-state index contributed by atoms with van der Waals surface area (Å²) in [6.07, 6.45) is 5.20. The molecule has 2 rings (SSSR count). The Morgan fingerprint density at radius 3 is 3.05 bits per heavy atom. The number of carbonyl (C=O) groups is 1. The van der Waals surface area contributed by atoms with Crippen LogP contribution >= 0.6 is 0 Å². The van der Waals surface area contributed by atoms with Crippen LogP contribution in [0.25, 0.3) is 0 Å². The number of sulfone groups is 1. The zero-order valence-electron chi connectivity index (χ0n) is 12.4. The number of morpholine rings is 1. The molecule has 1 amide bonds. The summed E-state index contributed by atoms with van der Waals surface area (Å²) in [7, 11) is -3.31. The van der Waals surface area contributed by atoms with Crippen molar-refractivity contribution in [2.45, 2.75) is 17.5 Å². The smallest absolute Gasteiger partial charge is 0.237 e. The van der Waals surface area contributed by atoms with Gasteiger partial charge in [0.2, 0.25) is 5.91 Å². The molecule has 0 bridgehead atoms. The second-order valence-corrected chi connectivity index (χ2v) is 7.18. The highest BCUT2D eigenvalue weighted by Gasteiger charge is 2.26. The Morgan fingerprint density at radius 1 is 1.59 bits per heavy atom. The zero-order chi connectivity index (χ0) is 16.2. The fourth-order valence-corrected chi connectivity index (χ4v) is 2.92. The van der Waals surface area contributed by atoms with Crippen molar-refractivity contribution in [3.05, 3.63) is 30.3 Å². The van der Waals surface area contributed by atoms with Gasteiger partial charge in [-0.15, -0.1) is 0 Å². The first kappa shape index (κ1) is 16.9. The van der Waals surface area contributed by atoms with Gasteiger partial charge in [0.05, 0.1) is 13.2 Å². The molecule has 121 valence electrons. The van der Waals surface area contributed by atoms with E-state index in [0.29, 0.717) is 32.7 Å². The molecular formula is C14H20N3O4S. The molecule has 0 aliphatic carbocycles. The highest BCUT2D eigenvalue weighted by atomic mass is 32.2. The summed E-state index contributed by atoms with van der Waals surface area (Å²) < 4.78 is 28.2. The zero-order valence-corrected chi connectivity index (χ0v) is 13.3. The molecule has 2 heterocycles. The molecule has 8 heteroatoms. The summed E-state index contributed by atoms with van der Waals surface area (Å²) >= 11 is 0. The van der Waals surface area contributed by atoms with E-state index < -0.39 is 15.9 Å². The number of hydrogen-bond donors (Lipinski definition) is 1. The maximum absolute atomic E-state index is 11.5. The van der Waals surface area contributed by atoms with Crippen LogP contribution in [0.2, 0.25) is 0 Å². The van der Waals surface area contributed by atoms with Crippen LogP contribution < -0.4 is 5.73 Å². The number of amides is 1. The molecule has 7 nitrogen and oxygen atoms in total. The summed E-state index contributed by atoms with van der Waals surface area (Å²) in [5.41, 5.74) is 6.15. The van der Waals surface area contributed by atoms with Crippen molar-refractivity contribution in [3.8, 4) is 0 Å². The number of pyridine rings is 1. The fraction of sp³-hybridized carbons (Fsp3) is 0.500. The molecule has 1 fully saturated rings. The Bertz CT molecular complexity index is 633. The minimum absolute atomic E-state index is 0.0580. The number of nitrogens with zero attached hydrogens (tertiary/aromatic N) is 2. The van der Waals surface area contributed by atoms with Crippen molar-refractivity contribution in [1.82, 2.24) is 9.88 Å². The predicted octanol–water partition coefficient (Wildman–Crippen LogP) is -0.386. The third-order valence-electron chi connectivity index (χ3n) is 3.50. The maximum atomic E-state index is 11.5. The van der Waals surface area contributed by atoms with E-state index in [1.165, 1.54) is 6.20 Å². The van der Waals surface area contributed by atoms with Gasteiger partial charge in [0.25, 0.3) is 0 Å². The van der Waals surface area contributed by atoms with Crippen molar-refractivity contribution in [2.75, 3.05) is 32.6 Å². The van der Waals surface area contributed by atoms with Gasteiger partial charge in [0.15, 0.2) is 14.9 Å². The number of aromatic nitrogens is 1. The molecule has 1 saturated heterocycles. The van der Waals surface area contributed by atoms with Crippen LogP contribution in [0.3, 0.4) is 0 Å². The monoisotopic (exact) mass is 326 g/mol. The number of hydrogen-bond acceptors (Lipinski definition) is 6. The molecule has 1 unspecified atom stereocenters. The molecule has 22 heavy (non-hydrogen) atoms. The lowest BCUT2D eigenvalue weighted by atomic mass is 10.1. The van der Waals surface area contributed by atoms with Crippen molar-refractivity contribution < 1.29 is 17.9 Å². The Labute approximate surface area is 130 Å². The normalized spacial score (nSPS) is 20.0.